The van der Waals surface area contributed by atoms with Crippen LogP contribution in [0.5, 0.6) is 0 Å². The number of nitrogens with zero attached hydrogens (tertiary/aromatic N) is 2. The normalized spacial score (nSPS) is 10.4. The van der Waals surface area contributed by atoms with Gasteiger partial charge in [-0.1, -0.05) is 41.1 Å². The van der Waals surface area contributed by atoms with Crippen LogP contribution in [0, 0.1) is 0 Å². The van der Waals surface area contributed by atoms with Gasteiger partial charge in [-0.05, 0) is 17.7 Å². The predicted octanol–water partition coefficient (Wildman–Crippen LogP) is 2.18. The van der Waals surface area contributed by atoms with Gasteiger partial charge in [0.15, 0.2) is 0 Å². The van der Waals surface area contributed by atoms with Gasteiger partial charge in [-0.2, -0.15) is 0 Å². The third-order valence-corrected chi connectivity index (χ3v) is 4.06. The monoisotopic (exact) mass is 305 g/mol. The van der Waals surface area contributed by atoms with E-state index in [2.05, 4.69) is 15.3 Å². The first-order valence-corrected chi connectivity index (χ1v) is 7.53. The van der Waals surface area contributed by atoms with Crippen LogP contribution in [0.3, 0.4) is 0 Å². The summed E-state index contributed by atoms with van der Waals surface area (Å²) in [5.41, 5.74) is 2.42. The van der Waals surface area contributed by atoms with Crippen molar-refractivity contribution in [3.63, 3.8) is 0 Å². The number of pyridine rings is 1. The van der Waals surface area contributed by atoms with Gasteiger partial charge in [-0.15, -0.1) is 0 Å². The van der Waals surface area contributed by atoms with Crippen LogP contribution < -0.4 is 10.8 Å². The van der Waals surface area contributed by atoms with E-state index in [1.807, 2.05) is 30.3 Å². The standard InChI is InChI=1S/C16H12BN3OS/c17-13-4-2-1-3-12(13)9-14(21)20-15-10-19-16(22-15)11-5-7-18-8-6-11/h1-8,10H,9H2,(H,20,21). The SMILES string of the molecule is [B]c1ccccc1CC(=O)Nc1cnc(-c2ccncc2)s1. The molecule has 0 bridgehead atoms. The first-order chi connectivity index (χ1) is 10.7. The van der Waals surface area contributed by atoms with Crippen LogP contribution in [-0.2, 0) is 11.2 Å². The molecule has 2 heterocycles. The lowest BCUT2D eigenvalue weighted by atomic mass is 9.89. The van der Waals surface area contributed by atoms with Gasteiger partial charge in [-0.25, -0.2) is 4.98 Å². The average molecular weight is 305 g/mol. The Kier molecular flexibility index (Phi) is 4.30. The van der Waals surface area contributed by atoms with Gasteiger partial charge in [-0.3, -0.25) is 9.78 Å². The van der Waals surface area contributed by atoms with Gasteiger partial charge in [0.05, 0.1) is 12.6 Å². The third kappa shape index (κ3) is 3.40. The zero-order valence-electron chi connectivity index (χ0n) is 11.7. The molecule has 4 nitrogen and oxygen atoms in total. The summed E-state index contributed by atoms with van der Waals surface area (Å²) in [6, 6.07) is 11.1. The van der Waals surface area contributed by atoms with Gasteiger partial charge in [0.1, 0.15) is 17.9 Å². The van der Waals surface area contributed by atoms with Gasteiger partial charge in [0, 0.05) is 18.0 Å². The van der Waals surface area contributed by atoms with E-state index in [-0.39, 0.29) is 12.3 Å². The molecule has 1 amide bonds. The van der Waals surface area contributed by atoms with Gasteiger partial charge in [0.2, 0.25) is 5.91 Å². The molecule has 0 saturated heterocycles. The lowest BCUT2D eigenvalue weighted by Gasteiger charge is -2.05. The summed E-state index contributed by atoms with van der Waals surface area (Å²) in [5.74, 6) is -0.108. The lowest BCUT2D eigenvalue weighted by Crippen LogP contribution is -2.19. The van der Waals surface area contributed by atoms with E-state index in [0.29, 0.717) is 10.5 Å². The molecule has 106 valence electrons. The first kappa shape index (κ1) is 14.5. The number of hydrogen-bond donors (Lipinski definition) is 1. The number of amides is 1. The topological polar surface area (TPSA) is 54.9 Å². The third-order valence-electron chi connectivity index (χ3n) is 3.10. The van der Waals surface area contributed by atoms with Crippen molar-refractivity contribution >= 4 is 35.6 Å². The Morgan fingerprint density at radius 1 is 1.18 bits per heavy atom. The van der Waals surface area contributed by atoms with Gasteiger partial charge in [0.25, 0.3) is 0 Å². The minimum atomic E-state index is -0.108. The highest BCUT2D eigenvalue weighted by atomic mass is 32.1. The van der Waals surface area contributed by atoms with Crippen LogP contribution in [0.4, 0.5) is 5.00 Å². The smallest absolute Gasteiger partial charge is 0.229 e. The van der Waals surface area contributed by atoms with Crippen molar-refractivity contribution in [2.45, 2.75) is 6.42 Å². The maximum absolute atomic E-state index is 12.1. The molecule has 0 saturated carbocycles. The number of rotatable bonds is 4. The molecular weight excluding hydrogens is 293 g/mol. The van der Waals surface area contributed by atoms with E-state index in [0.717, 1.165) is 16.1 Å². The molecule has 0 aliphatic heterocycles. The highest BCUT2D eigenvalue weighted by Gasteiger charge is 2.09. The highest BCUT2D eigenvalue weighted by molar-refractivity contribution is 7.19. The van der Waals surface area contributed by atoms with Crippen molar-refractivity contribution < 1.29 is 4.79 Å². The molecular formula is C16H12BN3OS. The van der Waals surface area contributed by atoms with Crippen molar-refractivity contribution in [3.05, 3.63) is 60.6 Å². The molecule has 0 spiro atoms. The Hall–Kier alpha value is -2.47. The summed E-state index contributed by atoms with van der Waals surface area (Å²) >= 11 is 1.43. The molecule has 22 heavy (non-hydrogen) atoms. The number of aromatic nitrogens is 2. The number of carbonyl (C=O) groups is 1. The molecule has 0 unspecified atom stereocenters. The molecule has 1 N–H and O–H groups in total. The van der Waals surface area contributed by atoms with Crippen LogP contribution in [0.1, 0.15) is 5.56 Å². The van der Waals surface area contributed by atoms with E-state index < -0.39 is 0 Å². The molecule has 2 aromatic heterocycles. The van der Waals surface area contributed by atoms with Crippen molar-refractivity contribution in [1.82, 2.24) is 9.97 Å². The fraction of sp³-hybridized carbons (Fsp3) is 0.0625. The van der Waals surface area contributed by atoms with E-state index in [4.69, 9.17) is 7.85 Å². The molecule has 2 radical (unpaired) electrons. The van der Waals surface area contributed by atoms with Crippen LogP contribution in [0.25, 0.3) is 10.6 Å². The molecule has 3 aromatic rings. The average Bonchev–Trinajstić information content (AvgIpc) is 2.99. The number of carbonyl (C=O) groups excluding carboxylic acids is 1. The Bertz CT molecular complexity index is 789. The van der Waals surface area contributed by atoms with Gasteiger partial charge >= 0.3 is 0 Å². The second-order valence-corrected chi connectivity index (χ2v) is 5.72. The van der Waals surface area contributed by atoms with Crippen molar-refractivity contribution in [2.24, 2.45) is 0 Å². The van der Waals surface area contributed by atoms with Crippen molar-refractivity contribution in [3.8, 4) is 10.6 Å². The van der Waals surface area contributed by atoms with Crippen LogP contribution >= 0.6 is 11.3 Å². The maximum atomic E-state index is 12.1. The van der Waals surface area contributed by atoms with Crippen LogP contribution in [0.2, 0.25) is 0 Å². The number of hydrogen-bond acceptors (Lipinski definition) is 4. The molecule has 3 rings (SSSR count). The molecule has 0 aliphatic carbocycles. The Morgan fingerprint density at radius 3 is 2.73 bits per heavy atom. The van der Waals surface area contributed by atoms with Gasteiger partial charge < -0.3 is 5.32 Å². The van der Waals surface area contributed by atoms with E-state index in [1.165, 1.54) is 11.3 Å². The van der Waals surface area contributed by atoms with E-state index in [1.54, 1.807) is 24.7 Å². The van der Waals surface area contributed by atoms with Crippen LogP contribution in [-0.4, -0.2) is 23.7 Å². The fourth-order valence-electron chi connectivity index (χ4n) is 2.01. The number of anilines is 1. The first-order valence-electron chi connectivity index (χ1n) is 6.72. The summed E-state index contributed by atoms with van der Waals surface area (Å²) in [5, 5.41) is 4.41. The Labute approximate surface area is 133 Å². The molecule has 0 aliphatic rings. The molecule has 1 aromatic carbocycles. The Morgan fingerprint density at radius 2 is 1.95 bits per heavy atom. The zero-order valence-corrected chi connectivity index (χ0v) is 12.5. The number of nitrogens with one attached hydrogen (secondary N) is 1. The summed E-state index contributed by atoms with van der Waals surface area (Å²) in [6.07, 6.45) is 5.34. The van der Waals surface area contributed by atoms with Crippen molar-refractivity contribution in [1.29, 1.82) is 0 Å². The maximum Gasteiger partial charge on any atom is 0.229 e. The number of benzene rings is 1. The quantitative estimate of drug-likeness (QED) is 0.752. The van der Waals surface area contributed by atoms with E-state index >= 15 is 0 Å². The summed E-state index contributed by atoms with van der Waals surface area (Å²) in [4.78, 5) is 20.4. The lowest BCUT2D eigenvalue weighted by molar-refractivity contribution is -0.115. The molecule has 0 fully saturated rings. The largest absolute Gasteiger partial charge is 0.316 e. The summed E-state index contributed by atoms with van der Waals surface area (Å²) < 4.78 is 0. The van der Waals surface area contributed by atoms with E-state index in [9.17, 15) is 4.79 Å². The van der Waals surface area contributed by atoms with Crippen molar-refractivity contribution in [2.75, 3.05) is 5.32 Å². The second-order valence-electron chi connectivity index (χ2n) is 4.69. The number of thiazole rings is 1. The van der Waals surface area contributed by atoms with Crippen LogP contribution in [0.15, 0.2) is 55.0 Å². The predicted molar refractivity (Wildman–Crippen MR) is 89.5 cm³/mol. The minimum Gasteiger partial charge on any atom is -0.316 e. The fourth-order valence-corrected chi connectivity index (χ4v) is 2.85. The summed E-state index contributed by atoms with van der Waals surface area (Å²) in [6.45, 7) is 0. The molecule has 6 heteroatoms. The minimum absolute atomic E-state index is 0.108. The second kappa shape index (κ2) is 6.53. The highest BCUT2D eigenvalue weighted by Crippen LogP contribution is 2.27. The zero-order chi connectivity index (χ0) is 15.4. The Balaban J connectivity index is 1.68. The summed E-state index contributed by atoms with van der Waals surface area (Å²) in [7, 11) is 5.85. The molecule has 0 atom stereocenters.